The van der Waals surface area contributed by atoms with Gasteiger partial charge in [0.15, 0.2) is 5.60 Å². The first kappa shape index (κ1) is 21.5. The van der Waals surface area contributed by atoms with Gasteiger partial charge in [-0.05, 0) is 57.4 Å². The normalized spacial score (nSPS) is 17.5. The summed E-state index contributed by atoms with van der Waals surface area (Å²) in [6, 6.07) is 11.1. The highest BCUT2D eigenvalue weighted by Gasteiger charge is 2.42. The number of alkyl halides is 3. The number of amides is 1. The molecule has 0 aromatic heterocycles. The summed E-state index contributed by atoms with van der Waals surface area (Å²) in [4.78, 5) is 14.9. The number of likely N-dealkylation sites (tertiary alicyclic amines) is 1. The number of aryl methyl sites for hydroxylation is 1. The minimum Gasteiger partial charge on any atom is -0.477 e. The van der Waals surface area contributed by atoms with Crippen molar-refractivity contribution in [3.63, 3.8) is 0 Å². The van der Waals surface area contributed by atoms with Gasteiger partial charge in [0.05, 0.1) is 11.6 Å². The topological polar surface area (TPSA) is 29.5 Å². The Balaban J connectivity index is 1.86. The molecule has 156 valence electrons. The number of carbonyl (C=O) groups excluding carboxylic acids is 1. The number of halogens is 4. The highest BCUT2D eigenvalue weighted by Crippen LogP contribution is 2.40. The zero-order valence-corrected chi connectivity index (χ0v) is 17.3. The summed E-state index contributed by atoms with van der Waals surface area (Å²) < 4.78 is 45.8. The molecule has 1 aliphatic rings. The van der Waals surface area contributed by atoms with Crippen molar-refractivity contribution < 1.29 is 22.7 Å². The number of ether oxygens (including phenoxy) is 1. The Morgan fingerprint density at radius 1 is 1.14 bits per heavy atom. The van der Waals surface area contributed by atoms with Crippen molar-refractivity contribution in [1.82, 2.24) is 4.90 Å². The molecule has 1 atom stereocenters. The van der Waals surface area contributed by atoms with Gasteiger partial charge in [0.2, 0.25) is 0 Å². The zero-order chi connectivity index (χ0) is 21.4. The fourth-order valence-electron chi connectivity index (χ4n) is 3.62. The van der Waals surface area contributed by atoms with Crippen LogP contribution in [0.25, 0.3) is 0 Å². The van der Waals surface area contributed by atoms with Crippen LogP contribution in [0.4, 0.5) is 13.2 Å². The molecule has 1 fully saturated rings. The molecule has 1 aliphatic heterocycles. The van der Waals surface area contributed by atoms with E-state index in [9.17, 15) is 18.0 Å². The van der Waals surface area contributed by atoms with E-state index in [1.807, 2.05) is 31.2 Å². The molecule has 0 N–H and O–H groups in total. The van der Waals surface area contributed by atoms with Gasteiger partial charge in [-0.15, -0.1) is 0 Å². The Kier molecular flexibility index (Phi) is 5.86. The molecule has 2 aromatic rings. The minimum atomic E-state index is -4.64. The lowest BCUT2D eigenvalue weighted by molar-refractivity contribution is -0.150. The van der Waals surface area contributed by atoms with Gasteiger partial charge in [-0.25, -0.2) is 0 Å². The van der Waals surface area contributed by atoms with E-state index in [0.717, 1.165) is 36.1 Å². The number of hydrogen-bond acceptors (Lipinski definition) is 2. The predicted octanol–water partition coefficient (Wildman–Crippen LogP) is 6.19. The number of hydrogen-bond donors (Lipinski definition) is 0. The Bertz CT molecular complexity index is 894. The molecule has 0 bridgehead atoms. The van der Waals surface area contributed by atoms with E-state index < -0.39 is 23.1 Å². The molecule has 0 spiro atoms. The van der Waals surface area contributed by atoms with Crippen molar-refractivity contribution in [3.05, 3.63) is 64.2 Å². The van der Waals surface area contributed by atoms with Crippen LogP contribution in [0.2, 0.25) is 5.02 Å². The number of benzene rings is 2. The van der Waals surface area contributed by atoms with Crippen LogP contribution in [0.3, 0.4) is 0 Å². The van der Waals surface area contributed by atoms with Gasteiger partial charge in [-0.3, -0.25) is 4.79 Å². The Labute approximate surface area is 173 Å². The van der Waals surface area contributed by atoms with Crippen LogP contribution in [0.15, 0.2) is 42.5 Å². The summed E-state index contributed by atoms with van der Waals surface area (Å²) in [5, 5.41) is -0.0483. The zero-order valence-electron chi connectivity index (χ0n) is 16.5. The second kappa shape index (κ2) is 7.90. The lowest BCUT2D eigenvalue weighted by Gasteiger charge is -2.34. The van der Waals surface area contributed by atoms with Crippen molar-refractivity contribution in [2.45, 2.75) is 51.4 Å². The highest BCUT2D eigenvalue weighted by atomic mass is 35.5. The van der Waals surface area contributed by atoms with Gasteiger partial charge < -0.3 is 9.64 Å². The Hall–Kier alpha value is -2.21. The van der Waals surface area contributed by atoms with E-state index in [1.54, 1.807) is 4.90 Å². The molecular formula is C22H23ClF3NO2. The van der Waals surface area contributed by atoms with E-state index in [2.05, 4.69) is 0 Å². The molecule has 0 aliphatic carbocycles. The van der Waals surface area contributed by atoms with E-state index >= 15 is 0 Å². The van der Waals surface area contributed by atoms with Crippen LogP contribution in [0.1, 0.15) is 49.4 Å². The first-order valence-electron chi connectivity index (χ1n) is 9.42. The summed E-state index contributed by atoms with van der Waals surface area (Å²) in [6.45, 7) is 5.52. The van der Waals surface area contributed by atoms with Crippen LogP contribution >= 0.6 is 11.6 Å². The summed E-state index contributed by atoms with van der Waals surface area (Å²) in [6.07, 6.45) is -3.01. The average Bonchev–Trinajstić information content (AvgIpc) is 3.11. The molecular weight excluding hydrogens is 403 g/mol. The Morgan fingerprint density at radius 3 is 2.41 bits per heavy atom. The van der Waals surface area contributed by atoms with E-state index in [1.165, 1.54) is 19.9 Å². The summed E-state index contributed by atoms with van der Waals surface area (Å²) >= 11 is 5.73. The standard InChI is InChI=1S/C22H23ClF3NO2/c1-14-6-8-15(9-7-14)18-5-4-12-27(18)20(28)21(2,3)29-19-11-10-16(23)13-17(19)22(24,25)26/h6-11,13,18H,4-5,12H2,1-3H3. The van der Waals surface area contributed by atoms with Crippen LogP contribution in [-0.2, 0) is 11.0 Å². The summed E-state index contributed by atoms with van der Waals surface area (Å²) in [5.74, 6) is -0.755. The van der Waals surface area contributed by atoms with Crippen molar-refractivity contribution in [2.24, 2.45) is 0 Å². The van der Waals surface area contributed by atoms with Gasteiger partial charge >= 0.3 is 6.18 Å². The molecule has 1 unspecified atom stereocenters. The van der Waals surface area contributed by atoms with Crippen molar-refractivity contribution >= 4 is 17.5 Å². The molecule has 7 heteroatoms. The lowest BCUT2D eigenvalue weighted by Crippen LogP contribution is -2.48. The largest absolute Gasteiger partial charge is 0.477 e. The molecule has 1 saturated heterocycles. The smallest absolute Gasteiger partial charge is 0.420 e. The fraction of sp³-hybridized carbons (Fsp3) is 0.409. The Morgan fingerprint density at radius 2 is 1.79 bits per heavy atom. The molecule has 2 aromatic carbocycles. The summed E-state index contributed by atoms with van der Waals surface area (Å²) in [5.41, 5.74) is -0.334. The molecule has 0 saturated carbocycles. The number of carbonyl (C=O) groups is 1. The van der Waals surface area contributed by atoms with Crippen molar-refractivity contribution in [2.75, 3.05) is 6.54 Å². The maximum atomic E-state index is 13.4. The molecule has 29 heavy (non-hydrogen) atoms. The van der Waals surface area contributed by atoms with E-state index in [4.69, 9.17) is 16.3 Å². The van der Waals surface area contributed by atoms with E-state index in [0.29, 0.717) is 6.54 Å². The highest BCUT2D eigenvalue weighted by molar-refractivity contribution is 6.30. The molecule has 1 heterocycles. The second-order valence-electron chi connectivity index (χ2n) is 7.82. The van der Waals surface area contributed by atoms with Gasteiger partial charge in [-0.2, -0.15) is 13.2 Å². The molecule has 3 rings (SSSR count). The first-order valence-corrected chi connectivity index (χ1v) is 9.80. The number of nitrogens with zero attached hydrogens (tertiary/aromatic N) is 1. The van der Waals surface area contributed by atoms with Crippen LogP contribution in [-0.4, -0.2) is 23.0 Å². The van der Waals surface area contributed by atoms with Crippen LogP contribution < -0.4 is 4.74 Å². The van der Waals surface area contributed by atoms with Crippen LogP contribution in [0.5, 0.6) is 5.75 Å². The molecule has 3 nitrogen and oxygen atoms in total. The first-order chi connectivity index (χ1) is 13.5. The molecule has 1 amide bonds. The van der Waals surface area contributed by atoms with Crippen molar-refractivity contribution in [1.29, 1.82) is 0 Å². The SMILES string of the molecule is Cc1ccc(C2CCCN2C(=O)C(C)(C)Oc2ccc(Cl)cc2C(F)(F)F)cc1. The quantitative estimate of drug-likeness (QED) is 0.584. The van der Waals surface area contributed by atoms with Gasteiger partial charge in [0.1, 0.15) is 5.75 Å². The maximum absolute atomic E-state index is 13.4. The van der Waals surface area contributed by atoms with Gasteiger partial charge in [-0.1, -0.05) is 41.4 Å². The third-order valence-electron chi connectivity index (χ3n) is 5.10. The number of rotatable bonds is 4. The maximum Gasteiger partial charge on any atom is 0.420 e. The fourth-order valence-corrected chi connectivity index (χ4v) is 3.79. The van der Waals surface area contributed by atoms with Crippen LogP contribution in [0, 0.1) is 6.92 Å². The predicted molar refractivity (Wildman–Crippen MR) is 106 cm³/mol. The molecule has 0 radical (unpaired) electrons. The van der Waals surface area contributed by atoms with Gasteiger partial charge in [0, 0.05) is 11.6 Å². The third kappa shape index (κ3) is 4.69. The summed E-state index contributed by atoms with van der Waals surface area (Å²) in [7, 11) is 0. The monoisotopic (exact) mass is 425 g/mol. The lowest BCUT2D eigenvalue weighted by atomic mass is 10.0. The second-order valence-corrected chi connectivity index (χ2v) is 8.25. The third-order valence-corrected chi connectivity index (χ3v) is 5.34. The van der Waals surface area contributed by atoms with Gasteiger partial charge in [0.25, 0.3) is 5.91 Å². The average molecular weight is 426 g/mol. The van der Waals surface area contributed by atoms with Crippen molar-refractivity contribution in [3.8, 4) is 5.75 Å². The van der Waals surface area contributed by atoms with E-state index in [-0.39, 0.29) is 17.0 Å². The minimum absolute atomic E-state index is 0.0483.